The lowest BCUT2D eigenvalue weighted by Gasteiger charge is -2.56. The van der Waals surface area contributed by atoms with Gasteiger partial charge in [0.2, 0.25) is 0 Å². The van der Waals surface area contributed by atoms with E-state index < -0.39 is 10.0 Å². The Morgan fingerprint density at radius 3 is 1.94 bits per heavy atom. The summed E-state index contributed by atoms with van der Waals surface area (Å²) >= 11 is 0. The first-order chi connectivity index (χ1) is 15.6. The zero-order valence-electron chi connectivity index (χ0n) is 20.0. The normalized spacial score (nSPS) is 28.1. The lowest BCUT2D eigenvalue weighted by Crippen LogP contribution is -2.59. The molecule has 4 fully saturated rings. The summed E-state index contributed by atoms with van der Waals surface area (Å²) in [5, 5.41) is 3.37. The summed E-state index contributed by atoms with van der Waals surface area (Å²) in [7, 11) is -3.86. The summed E-state index contributed by atoms with van der Waals surface area (Å²) in [5.74, 6) is 1.99. The van der Waals surface area contributed by atoms with E-state index >= 15 is 0 Å². The van der Waals surface area contributed by atoms with E-state index in [1.54, 1.807) is 24.3 Å². The molecular weight excluding hydrogens is 432 g/mol. The van der Waals surface area contributed by atoms with Crippen LogP contribution in [0.5, 0.6) is 0 Å². The maximum Gasteiger partial charge on any atom is 0.262 e. The number of carbonyl (C=O) groups excluding carboxylic acids is 1. The molecule has 2 N–H and O–H groups in total. The van der Waals surface area contributed by atoms with Crippen molar-refractivity contribution in [3.05, 3.63) is 58.1 Å². The molecule has 0 radical (unpaired) electrons. The molecule has 33 heavy (non-hydrogen) atoms. The van der Waals surface area contributed by atoms with Gasteiger partial charge in [-0.05, 0) is 118 Å². The van der Waals surface area contributed by atoms with Gasteiger partial charge in [-0.1, -0.05) is 18.2 Å². The van der Waals surface area contributed by atoms with Crippen molar-refractivity contribution in [2.75, 3.05) is 4.72 Å². The summed E-state index contributed by atoms with van der Waals surface area (Å²) in [6, 6.07) is 8.96. The smallest absolute Gasteiger partial charge is 0.262 e. The van der Waals surface area contributed by atoms with Crippen LogP contribution in [0.3, 0.4) is 0 Å². The average molecular weight is 467 g/mol. The molecule has 4 bridgehead atoms. The number of nitrogens with one attached hydrogen (secondary N) is 2. The number of para-hydroxylation sites is 1. The van der Waals surface area contributed by atoms with E-state index in [2.05, 4.69) is 10.0 Å². The summed E-state index contributed by atoms with van der Waals surface area (Å²) < 4.78 is 29.7. The van der Waals surface area contributed by atoms with Crippen LogP contribution in [0, 0.1) is 45.4 Å². The van der Waals surface area contributed by atoms with E-state index in [1.165, 1.54) is 19.3 Å². The number of hydrogen-bond acceptors (Lipinski definition) is 3. The Hall–Kier alpha value is -2.34. The van der Waals surface area contributed by atoms with Crippen molar-refractivity contribution in [2.24, 2.45) is 17.8 Å². The van der Waals surface area contributed by atoms with Crippen LogP contribution in [0.2, 0.25) is 0 Å². The Labute approximate surface area is 197 Å². The van der Waals surface area contributed by atoms with Gasteiger partial charge < -0.3 is 5.32 Å². The molecule has 6 heteroatoms. The maximum absolute atomic E-state index is 13.5. The highest BCUT2D eigenvalue weighted by Gasteiger charge is 2.51. The Bertz CT molecular complexity index is 1170. The third-order valence-electron chi connectivity index (χ3n) is 8.40. The number of sulfonamides is 1. The number of rotatable bonds is 5. The molecule has 4 aliphatic carbocycles. The van der Waals surface area contributed by atoms with E-state index in [4.69, 9.17) is 0 Å². The number of benzene rings is 2. The minimum Gasteiger partial charge on any atom is -0.347 e. The third kappa shape index (κ3) is 3.96. The number of amides is 1. The third-order valence-corrected chi connectivity index (χ3v) is 10.0. The molecule has 6 rings (SSSR count). The molecular formula is C27H34N2O3S. The van der Waals surface area contributed by atoms with Crippen molar-refractivity contribution < 1.29 is 13.2 Å². The van der Waals surface area contributed by atoms with Crippen molar-refractivity contribution >= 4 is 21.6 Å². The van der Waals surface area contributed by atoms with Crippen LogP contribution in [-0.2, 0) is 10.0 Å². The second kappa shape index (κ2) is 7.86. The zero-order chi connectivity index (χ0) is 23.5. The van der Waals surface area contributed by atoms with E-state index in [-0.39, 0.29) is 11.4 Å². The molecule has 4 saturated carbocycles. The van der Waals surface area contributed by atoms with Gasteiger partial charge in [-0.25, -0.2) is 8.42 Å². The van der Waals surface area contributed by atoms with Crippen LogP contribution in [0.25, 0.3) is 0 Å². The summed E-state index contributed by atoms with van der Waals surface area (Å²) in [4.78, 5) is 13.8. The van der Waals surface area contributed by atoms with Crippen LogP contribution in [0.15, 0.2) is 35.2 Å². The fourth-order valence-corrected chi connectivity index (χ4v) is 8.82. The Morgan fingerprint density at radius 1 is 0.879 bits per heavy atom. The van der Waals surface area contributed by atoms with Gasteiger partial charge in [-0.2, -0.15) is 0 Å². The highest BCUT2D eigenvalue weighted by Crippen LogP contribution is 2.55. The largest absolute Gasteiger partial charge is 0.347 e. The Kier molecular flexibility index (Phi) is 5.35. The lowest BCUT2D eigenvalue weighted by atomic mass is 9.53. The molecule has 0 aromatic heterocycles. The molecule has 2 aromatic carbocycles. The van der Waals surface area contributed by atoms with Crippen molar-refractivity contribution in [2.45, 2.75) is 76.7 Å². The molecule has 0 aliphatic heterocycles. The van der Waals surface area contributed by atoms with Crippen LogP contribution in [0.1, 0.15) is 71.1 Å². The number of carbonyl (C=O) groups is 1. The van der Waals surface area contributed by atoms with Crippen molar-refractivity contribution in [1.82, 2.24) is 5.32 Å². The Balaban J connectivity index is 1.44. The van der Waals surface area contributed by atoms with Gasteiger partial charge in [0.05, 0.1) is 16.1 Å². The predicted molar refractivity (Wildman–Crippen MR) is 131 cm³/mol. The number of anilines is 1. The van der Waals surface area contributed by atoms with Gasteiger partial charge in [-0.15, -0.1) is 0 Å². The summed E-state index contributed by atoms with van der Waals surface area (Å²) in [5.41, 5.74) is 3.94. The summed E-state index contributed by atoms with van der Waals surface area (Å²) in [6.45, 7) is 7.52. The first-order valence-corrected chi connectivity index (χ1v) is 13.6. The van der Waals surface area contributed by atoms with Crippen molar-refractivity contribution in [1.29, 1.82) is 0 Å². The van der Waals surface area contributed by atoms with E-state index in [1.807, 2.05) is 33.8 Å². The van der Waals surface area contributed by atoms with Gasteiger partial charge >= 0.3 is 0 Å². The van der Waals surface area contributed by atoms with Crippen LogP contribution in [0.4, 0.5) is 5.69 Å². The first kappa shape index (κ1) is 22.5. The topological polar surface area (TPSA) is 75.3 Å². The fraction of sp³-hybridized carbons (Fsp3) is 0.519. The predicted octanol–water partition coefficient (Wildman–Crippen LogP) is 5.42. The van der Waals surface area contributed by atoms with Crippen molar-refractivity contribution in [3.8, 4) is 0 Å². The number of hydrogen-bond donors (Lipinski definition) is 2. The SMILES string of the molecule is Cc1cc(C)c(C)c(S(=O)(=O)Nc2ccccc2C(=O)NC23CC4CC(CC(C4)C2)C3)c1C. The first-order valence-electron chi connectivity index (χ1n) is 12.1. The van der Waals surface area contributed by atoms with Gasteiger partial charge in [-0.3, -0.25) is 9.52 Å². The van der Waals surface area contributed by atoms with Gasteiger partial charge in [0.15, 0.2) is 0 Å². The van der Waals surface area contributed by atoms with Gasteiger partial charge in [0.1, 0.15) is 0 Å². The second-order valence-corrected chi connectivity index (χ2v) is 12.5. The molecule has 0 saturated heterocycles. The second-order valence-electron chi connectivity index (χ2n) is 10.9. The number of aryl methyl sites for hydroxylation is 2. The van der Waals surface area contributed by atoms with E-state index in [9.17, 15) is 13.2 Å². The van der Waals surface area contributed by atoms with Crippen LogP contribution >= 0.6 is 0 Å². The lowest BCUT2D eigenvalue weighted by molar-refractivity contribution is -0.0166. The van der Waals surface area contributed by atoms with E-state index in [0.29, 0.717) is 16.1 Å². The van der Waals surface area contributed by atoms with Crippen molar-refractivity contribution in [3.63, 3.8) is 0 Å². The fourth-order valence-electron chi connectivity index (χ4n) is 7.12. The van der Waals surface area contributed by atoms with E-state index in [0.717, 1.165) is 59.3 Å². The molecule has 0 unspecified atom stereocenters. The molecule has 0 heterocycles. The molecule has 0 spiro atoms. The highest BCUT2D eigenvalue weighted by atomic mass is 32.2. The van der Waals surface area contributed by atoms with Gasteiger partial charge in [0.25, 0.3) is 15.9 Å². The van der Waals surface area contributed by atoms with Crippen LogP contribution < -0.4 is 10.0 Å². The van der Waals surface area contributed by atoms with Gasteiger partial charge in [0, 0.05) is 5.54 Å². The maximum atomic E-state index is 13.5. The summed E-state index contributed by atoms with van der Waals surface area (Å²) in [6.07, 6.45) is 7.08. The quantitative estimate of drug-likeness (QED) is 0.618. The minimum absolute atomic E-state index is 0.126. The molecule has 5 nitrogen and oxygen atoms in total. The molecule has 1 amide bonds. The minimum atomic E-state index is -3.86. The van der Waals surface area contributed by atoms with Crippen LogP contribution in [-0.4, -0.2) is 19.9 Å². The standard InChI is InChI=1S/C27H34N2O3S/c1-16-9-17(2)19(4)25(18(16)3)33(31,32)29-24-8-6-5-7-23(24)26(30)28-27-13-20-10-21(14-27)12-22(11-20)15-27/h5-9,20-22,29H,10-15H2,1-4H3,(H,28,30). The average Bonchev–Trinajstić information content (AvgIpc) is 2.71. The monoisotopic (exact) mass is 466 g/mol. The molecule has 4 aliphatic rings. The Morgan fingerprint density at radius 2 is 1.39 bits per heavy atom. The molecule has 0 atom stereocenters. The zero-order valence-corrected chi connectivity index (χ0v) is 20.8. The highest BCUT2D eigenvalue weighted by molar-refractivity contribution is 7.92. The molecule has 2 aromatic rings. The molecule has 176 valence electrons.